The van der Waals surface area contributed by atoms with Crippen molar-refractivity contribution in [2.45, 2.75) is 33.4 Å². The summed E-state index contributed by atoms with van der Waals surface area (Å²) in [4.78, 5) is 44.4. The molecule has 1 aromatic carbocycles. The average molecular weight is 341 g/mol. The van der Waals surface area contributed by atoms with Crippen LogP contribution in [-0.4, -0.2) is 25.4 Å². The monoisotopic (exact) mass is 341 g/mol. The number of rotatable bonds is 5. The van der Waals surface area contributed by atoms with Crippen molar-refractivity contribution in [3.05, 3.63) is 62.2 Å². The van der Waals surface area contributed by atoms with Gasteiger partial charge in [-0.25, -0.2) is 9.59 Å². The molecule has 3 aromatic rings. The summed E-state index contributed by atoms with van der Waals surface area (Å²) in [7, 11) is 0. The van der Waals surface area contributed by atoms with Crippen LogP contribution in [0.25, 0.3) is 11.0 Å². The molecule has 3 rings (SSSR count). The highest BCUT2D eigenvalue weighted by Gasteiger charge is 2.07. The Morgan fingerprint density at radius 1 is 1.16 bits per heavy atom. The minimum Gasteiger partial charge on any atom is -0.352 e. The van der Waals surface area contributed by atoms with Gasteiger partial charge < -0.3 is 15.3 Å². The molecule has 0 atom stereocenters. The molecule has 8 nitrogen and oxygen atoms in total. The number of carbonyl (C=O) groups is 1. The van der Waals surface area contributed by atoms with Crippen LogP contribution < -0.4 is 16.7 Å². The first-order chi connectivity index (χ1) is 11.9. The molecule has 0 aliphatic carbocycles. The van der Waals surface area contributed by atoms with Gasteiger partial charge in [-0.15, -0.1) is 0 Å². The first kappa shape index (κ1) is 16.7. The Kier molecular flexibility index (Phi) is 4.51. The third kappa shape index (κ3) is 3.85. The predicted molar refractivity (Wildman–Crippen MR) is 93.4 cm³/mol. The van der Waals surface area contributed by atoms with E-state index in [4.69, 9.17) is 0 Å². The number of aryl methyl sites for hydroxylation is 2. The molecule has 1 amide bonds. The van der Waals surface area contributed by atoms with E-state index in [1.54, 1.807) is 13.0 Å². The van der Waals surface area contributed by atoms with Crippen molar-refractivity contribution in [1.29, 1.82) is 0 Å². The summed E-state index contributed by atoms with van der Waals surface area (Å²) < 4.78 is 1.49. The lowest BCUT2D eigenvalue weighted by atomic mass is 10.2. The number of nitrogens with zero attached hydrogens (tertiary/aromatic N) is 2. The molecule has 0 saturated carbocycles. The zero-order valence-electron chi connectivity index (χ0n) is 14.0. The van der Waals surface area contributed by atoms with Crippen molar-refractivity contribution in [2.75, 3.05) is 0 Å². The van der Waals surface area contributed by atoms with Gasteiger partial charge in [-0.2, -0.15) is 4.98 Å². The Labute approximate surface area is 142 Å². The van der Waals surface area contributed by atoms with E-state index < -0.39 is 0 Å². The molecule has 0 aliphatic rings. The molecule has 0 bridgehead atoms. The highest BCUT2D eigenvalue weighted by molar-refractivity contribution is 5.77. The summed E-state index contributed by atoms with van der Waals surface area (Å²) in [5, 5.41) is 2.81. The smallest absolute Gasteiger partial charge is 0.347 e. The molecular weight excluding hydrogens is 322 g/mol. The van der Waals surface area contributed by atoms with Crippen LogP contribution in [0.3, 0.4) is 0 Å². The maximum absolute atomic E-state index is 12.0. The summed E-state index contributed by atoms with van der Waals surface area (Å²) in [6.45, 7) is 4.22. The van der Waals surface area contributed by atoms with Gasteiger partial charge in [0.25, 0.3) is 0 Å². The van der Waals surface area contributed by atoms with Crippen molar-refractivity contribution >= 4 is 16.9 Å². The maximum Gasteiger partial charge on any atom is 0.347 e. The van der Waals surface area contributed by atoms with E-state index in [9.17, 15) is 14.4 Å². The second kappa shape index (κ2) is 6.76. The molecule has 0 spiro atoms. The van der Waals surface area contributed by atoms with Crippen LogP contribution in [0.1, 0.15) is 23.4 Å². The molecule has 130 valence electrons. The lowest BCUT2D eigenvalue weighted by Gasteiger charge is -2.10. The fourth-order valence-electron chi connectivity index (χ4n) is 2.74. The van der Waals surface area contributed by atoms with Crippen molar-refractivity contribution in [1.82, 2.24) is 24.8 Å². The number of fused-ring (bicyclic) bond motifs is 1. The van der Waals surface area contributed by atoms with E-state index in [1.807, 2.05) is 25.1 Å². The highest BCUT2D eigenvalue weighted by atomic mass is 16.2. The number of imidazole rings is 1. The van der Waals surface area contributed by atoms with Crippen molar-refractivity contribution in [2.24, 2.45) is 0 Å². The number of aromatic nitrogens is 4. The summed E-state index contributed by atoms with van der Waals surface area (Å²) in [5.41, 5.74) is 3.15. The second-order valence-corrected chi connectivity index (χ2v) is 5.96. The first-order valence-electron chi connectivity index (χ1n) is 7.95. The summed E-state index contributed by atoms with van der Waals surface area (Å²) >= 11 is 0. The van der Waals surface area contributed by atoms with E-state index in [0.29, 0.717) is 17.8 Å². The van der Waals surface area contributed by atoms with E-state index >= 15 is 0 Å². The van der Waals surface area contributed by atoms with Crippen LogP contribution >= 0.6 is 0 Å². The van der Waals surface area contributed by atoms with Gasteiger partial charge in [-0.05, 0) is 37.6 Å². The van der Waals surface area contributed by atoms with Crippen molar-refractivity contribution in [3.63, 3.8) is 0 Å². The van der Waals surface area contributed by atoms with Crippen molar-refractivity contribution in [3.8, 4) is 0 Å². The Balaban J connectivity index is 1.59. The van der Waals surface area contributed by atoms with E-state index in [1.165, 1.54) is 4.57 Å². The predicted octanol–water partition coefficient (Wildman–Crippen LogP) is 0.736. The second-order valence-electron chi connectivity index (χ2n) is 5.96. The zero-order chi connectivity index (χ0) is 18.0. The molecule has 2 heterocycles. The largest absolute Gasteiger partial charge is 0.352 e. The minimum absolute atomic E-state index is 0.158. The third-order valence-electron chi connectivity index (χ3n) is 3.98. The van der Waals surface area contributed by atoms with E-state index in [0.717, 1.165) is 16.8 Å². The Bertz CT molecular complexity index is 1040. The number of benzene rings is 1. The number of carbonyl (C=O) groups excluding carboxylic acids is 1. The molecule has 2 aromatic heterocycles. The van der Waals surface area contributed by atoms with Crippen LogP contribution in [0.5, 0.6) is 0 Å². The fourth-order valence-corrected chi connectivity index (χ4v) is 2.74. The Morgan fingerprint density at radius 3 is 2.68 bits per heavy atom. The average Bonchev–Trinajstić information content (AvgIpc) is 2.91. The van der Waals surface area contributed by atoms with Crippen LogP contribution in [-0.2, 0) is 17.9 Å². The van der Waals surface area contributed by atoms with Gasteiger partial charge in [0.1, 0.15) is 0 Å². The molecule has 3 N–H and O–H groups in total. The summed E-state index contributed by atoms with van der Waals surface area (Å²) in [6, 6.07) is 7.25. The molecule has 0 aliphatic heterocycles. The van der Waals surface area contributed by atoms with Crippen LogP contribution in [0.2, 0.25) is 0 Å². The van der Waals surface area contributed by atoms with Gasteiger partial charge in [0.05, 0.1) is 11.0 Å². The lowest BCUT2D eigenvalue weighted by molar-refractivity contribution is -0.121. The highest BCUT2D eigenvalue weighted by Crippen LogP contribution is 2.10. The van der Waals surface area contributed by atoms with Gasteiger partial charge in [0.2, 0.25) is 5.91 Å². The maximum atomic E-state index is 12.0. The lowest BCUT2D eigenvalue weighted by Crippen LogP contribution is -2.29. The number of hydrogen-bond donors (Lipinski definition) is 3. The molecule has 0 saturated heterocycles. The standard InChI is InChI=1S/C17H19N5O3/c1-10-7-11(2)22(17(25)19-10)6-5-15(23)18-9-12-3-4-13-14(8-12)21-16(24)20-13/h3-4,7-8H,5-6,9H2,1-2H3,(H,18,23)(H2,20,21,24). The van der Waals surface area contributed by atoms with Gasteiger partial charge in [-0.3, -0.25) is 9.36 Å². The van der Waals surface area contributed by atoms with Crippen LogP contribution in [0.4, 0.5) is 0 Å². The fraction of sp³-hybridized carbons (Fsp3) is 0.294. The van der Waals surface area contributed by atoms with Gasteiger partial charge in [0.15, 0.2) is 0 Å². The quantitative estimate of drug-likeness (QED) is 0.635. The number of nitrogens with one attached hydrogen (secondary N) is 3. The van der Waals surface area contributed by atoms with E-state index in [2.05, 4.69) is 20.3 Å². The van der Waals surface area contributed by atoms with Gasteiger partial charge >= 0.3 is 11.4 Å². The SMILES string of the molecule is Cc1cc(C)n(CCC(=O)NCc2ccc3[nH]c(=O)[nH]c3c2)c(=O)n1. The molecular formula is C17H19N5O3. The molecule has 25 heavy (non-hydrogen) atoms. The van der Waals surface area contributed by atoms with Crippen LogP contribution in [0.15, 0.2) is 33.9 Å². The molecule has 8 heteroatoms. The number of aromatic amines is 2. The Morgan fingerprint density at radius 2 is 1.92 bits per heavy atom. The number of amides is 1. The van der Waals surface area contributed by atoms with Gasteiger partial charge in [-0.1, -0.05) is 6.07 Å². The Hall–Kier alpha value is -3.16. The molecule has 0 fully saturated rings. The minimum atomic E-state index is -0.341. The summed E-state index contributed by atoms with van der Waals surface area (Å²) in [5.74, 6) is -0.158. The van der Waals surface area contributed by atoms with E-state index in [-0.39, 0.29) is 30.3 Å². The molecule has 0 unspecified atom stereocenters. The zero-order valence-corrected chi connectivity index (χ0v) is 14.0. The number of H-pyrrole nitrogens is 2. The molecule has 0 radical (unpaired) electrons. The topological polar surface area (TPSA) is 113 Å². The first-order valence-corrected chi connectivity index (χ1v) is 7.95. The normalized spacial score (nSPS) is 11.0. The number of hydrogen-bond acceptors (Lipinski definition) is 4. The summed E-state index contributed by atoms with van der Waals surface area (Å²) in [6.07, 6.45) is 0.189. The van der Waals surface area contributed by atoms with Gasteiger partial charge in [0, 0.05) is 30.9 Å². The van der Waals surface area contributed by atoms with Crippen LogP contribution in [0, 0.1) is 13.8 Å². The van der Waals surface area contributed by atoms with Crippen molar-refractivity contribution < 1.29 is 4.79 Å². The third-order valence-corrected chi connectivity index (χ3v) is 3.98.